The summed E-state index contributed by atoms with van der Waals surface area (Å²) in [4.78, 5) is 13.1. The van der Waals surface area contributed by atoms with Crippen molar-refractivity contribution in [2.24, 2.45) is 0 Å². The van der Waals surface area contributed by atoms with Gasteiger partial charge in [-0.15, -0.1) is 12.4 Å². The molecule has 3 aromatic rings. The van der Waals surface area contributed by atoms with Gasteiger partial charge in [-0.2, -0.15) is 5.10 Å². The van der Waals surface area contributed by atoms with Crippen LogP contribution in [0.5, 0.6) is 0 Å². The van der Waals surface area contributed by atoms with Crippen LogP contribution in [-0.2, 0) is 6.54 Å². The average molecular weight is 411 g/mol. The summed E-state index contributed by atoms with van der Waals surface area (Å²) in [5, 5.41) is 11.3. The van der Waals surface area contributed by atoms with Crippen LogP contribution in [0.2, 0.25) is 0 Å². The molecule has 0 unspecified atom stereocenters. The molecule has 4 rings (SSSR count). The second-order valence-corrected chi connectivity index (χ2v) is 7.44. The standard InChI is InChI=1S/C23H26N4O.ClH/c1-17-7-9-19(10-8-17)22-21(23(28)25-20-11-13-24-14-12-20)16-27(26-22)15-18-5-3-2-4-6-18;/h2-10,16,20,24H,11-15H2,1H3,(H,25,28);1H. The number of amides is 1. The lowest BCUT2D eigenvalue weighted by molar-refractivity contribution is 0.0930. The van der Waals surface area contributed by atoms with Gasteiger partial charge in [0, 0.05) is 17.8 Å². The topological polar surface area (TPSA) is 59.0 Å². The lowest BCUT2D eigenvalue weighted by Gasteiger charge is -2.23. The first-order chi connectivity index (χ1) is 13.7. The third-order valence-corrected chi connectivity index (χ3v) is 5.19. The van der Waals surface area contributed by atoms with Crippen LogP contribution in [0.4, 0.5) is 0 Å². The Morgan fingerprint density at radius 1 is 1.10 bits per heavy atom. The van der Waals surface area contributed by atoms with Gasteiger partial charge in [0.1, 0.15) is 5.69 Å². The van der Waals surface area contributed by atoms with Crippen molar-refractivity contribution in [1.29, 1.82) is 0 Å². The summed E-state index contributed by atoms with van der Waals surface area (Å²) < 4.78 is 1.86. The molecule has 0 bridgehead atoms. The summed E-state index contributed by atoms with van der Waals surface area (Å²) in [6.07, 6.45) is 3.80. The Morgan fingerprint density at radius 3 is 2.48 bits per heavy atom. The number of carbonyl (C=O) groups excluding carboxylic acids is 1. The molecule has 5 nitrogen and oxygen atoms in total. The molecule has 1 saturated heterocycles. The van der Waals surface area contributed by atoms with Crippen molar-refractivity contribution >= 4 is 18.3 Å². The molecule has 1 fully saturated rings. The fourth-order valence-electron chi connectivity index (χ4n) is 3.59. The number of nitrogens with zero attached hydrogens (tertiary/aromatic N) is 2. The largest absolute Gasteiger partial charge is 0.349 e. The first-order valence-electron chi connectivity index (χ1n) is 9.89. The molecule has 2 N–H and O–H groups in total. The van der Waals surface area contributed by atoms with E-state index >= 15 is 0 Å². The maximum absolute atomic E-state index is 13.1. The van der Waals surface area contributed by atoms with E-state index in [4.69, 9.17) is 5.10 Å². The molecule has 1 aliphatic heterocycles. The molecular formula is C23H27ClN4O. The van der Waals surface area contributed by atoms with Gasteiger partial charge in [0.25, 0.3) is 5.91 Å². The monoisotopic (exact) mass is 410 g/mol. The maximum atomic E-state index is 13.1. The quantitative estimate of drug-likeness (QED) is 0.672. The minimum Gasteiger partial charge on any atom is -0.349 e. The number of aromatic nitrogens is 2. The van der Waals surface area contributed by atoms with Crippen molar-refractivity contribution in [2.45, 2.75) is 32.4 Å². The van der Waals surface area contributed by atoms with Gasteiger partial charge in [-0.3, -0.25) is 9.48 Å². The summed E-state index contributed by atoms with van der Waals surface area (Å²) >= 11 is 0. The highest BCUT2D eigenvalue weighted by Crippen LogP contribution is 2.23. The fraction of sp³-hybridized carbons (Fsp3) is 0.304. The van der Waals surface area contributed by atoms with Gasteiger partial charge in [-0.05, 0) is 38.4 Å². The lowest BCUT2D eigenvalue weighted by Crippen LogP contribution is -2.42. The van der Waals surface area contributed by atoms with E-state index in [1.807, 2.05) is 41.2 Å². The molecule has 152 valence electrons. The molecule has 0 radical (unpaired) electrons. The minimum atomic E-state index is -0.0400. The molecule has 1 aromatic heterocycles. The molecule has 0 aliphatic carbocycles. The molecule has 1 aliphatic rings. The zero-order valence-electron chi connectivity index (χ0n) is 16.6. The maximum Gasteiger partial charge on any atom is 0.255 e. The highest BCUT2D eigenvalue weighted by Gasteiger charge is 2.22. The lowest BCUT2D eigenvalue weighted by atomic mass is 10.0. The van der Waals surface area contributed by atoms with Gasteiger partial charge in [0.15, 0.2) is 0 Å². The average Bonchev–Trinajstić information content (AvgIpc) is 3.14. The van der Waals surface area contributed by atoms with Crippen molar-refractivity contribution in [1.82, 2.24) is 20.4 Å². The smallest absolute Gasteiger partial charge is 0.255 e. The molecule has 2 heterocycles. The molecule has 2 aromatic carbocycles. The Kier molecular flexibility index (Phi) is 7.07. The molecule has 6 heteroatoms. The van der Waals surface area contributed by atoms with Crippen molar-refractivity contribution in [3.8, 4) is 11.3 Å². The molecular weight excluding hydrogens is 384 g/mol. The van der Waals surface area contributed by atoms with E-state index in [1.54, 1.807) is 0 Å². The summed E-state index contributed by atoms with van der Waals surface area (Å²) in [6, 6.07) is 18.6. The Labute approximate surface area is 177 Å². The Morgan fingerprint density at radius 2 is 1.79 bits per heavy atom. The zero-order chi connectivity index (χ0) is 19.3. The Bertz CT molecular complexity index is 931. The van der Waals surface area contributed by atoms with Gasteiger partial charge in [-0.25, -0.2) is 0 Å². The van der Waals surface area contributed by atoms with Crippen molar-refractivity contribution in [3.05, 3.63) is 77.5 Å². The molecule has 0 atom stereocenters. The summed E-state index contributed by atoms with van der Waals surface area (Å²) in [5.74, 6) is -0.0400. The predicted molar refractivity (Wildman–Crippen MR) is 119 cm³/mol. The summed E-state index contributed by atoms with van der Waals surface area (Å²) in [6.45, 7) is 4.59. The number of piperidine rings is 1. The Hall–Kier alpha value is -2.63. The number of hydrogen-bond acceptors (Lipinski definition) is 3. The number of carbonyl (C=O) groups is 1. The number of benzene rings is 2. The van der Waals surface area contributed by atoms with Crippen LogP contribution >= 0.6 is 12.4 Å². The zero-order valence-corrected chi connectivity index (χ0v) is 17.4. The number of nitrogens with one attached hydrogen (secondary N) is 2. The van der Waals surface area contributed by atoms with Crippen LogP contribution in [0.1, 0.15) is 34.3 Å². The van der Waals surface area contributed by atoms with Crippen molar-refractivity contribution in [2.75, 3.05) is 13.1 Å². The third kappa shape index (κ3) is 5.25. The van der Waals surface area contributed by atoms with E-state index in [2.05, 4.69) is 41.8 Å². The van der Waals surface area contributed by atoms with E-state index < -0.39 is 0 Å². The molecule has 0 spiro atoms. The van der Waals surface area contributed by atoms with Crippen LogP contribution in [0.3, 0.4) is 0 Å². The normalized spacial score (nSPS) is 14.2. The Balaban J connectivity index is 0.00000240. The van der Waals surface area contributed by atoms with Gasteiger partial charge in [-0.1, -0.05) is 60.2 Å². The number of rotatable bonds is 5. The van der Waals surface area contributed by atoms with Gasteiger partial charge in [0.2, 0.25) is 0 Å². The minimum absolute atomic E-state index is 0. The van der Waals surface area contributed by atoms with E-state index in [1.165, 1.54) is 5.56 Å². The summed E-state index contributed by atoms with van der Waals surface area (Å²) in [5.41, 5.74) is 4.69. The molecule has 29 heavy (non-hydrogen) atoms. The first kappa shape index (κ1) is 21.1. The van der Waals surface area contributed by atoms with Gasteiger partial charge >= 0.3 is 0 Å². The fourth-order valence-corrected chi connectivity index (χ4v) is 3.59. The van der Waals surface area contributed by atoms with Gasteiger partial charge < -0.3 is 10.6 Å². The second-order valence-electron chi connectivity index (χ2n) is 7.44. The highest BCUT2D eigenvalue weighted by atomic mass is 35.5. The van der Waals surface area contributed by atoms with Crippen LogP contribution in [-0.4, -0.2) is 34.8 Å². The first-order valence-corrected chi connectivity index (χ1v) is 9.89. The predicted octanol–water partition coefficient (Wildman–Crippen LogP) is 3.81. The van der Waals surface area contributed by atoms with Crippen LogP contribution in [0.15, 0.2) is 60.8 Å². The van der Waals surface area contributed by atoms with Gasteiger partial charge in [0.05, 0.1) is 12.1 Å². The van der Waals surface area contributed by atoms with E-state index in [9.17, 15) is 4.79 Å². The second kappa shape index (κ2) is 9.72. The van der Waals surface area contributed by atoms with E-state index in [-0.39, 0.29) is 24.4 Å². The van der Waals surface area contributed by atoms with E-state index in [0.29, 0.717) is 12.1 Å². The SMILES string of the molecule is Cc1ccc(-c2nn(Cc3ccccc3)cc2C(=O)NC2CCNCC2)cc1.Cl. The molecule has 1 amide bonds. The summed E-state index contributed by atoms with van der Waals surface area (Å²) in [7, 11) is 0. The molecule has 0 saturated carbocycles. The number of aryl methyl sites for hydroxylation is 1. The third-order valence-electron chi connectivity index (χ3n) is 5.19. The highest BCUT2D eigenvalue weighted by molar-refractivity contribution is 6.00. The van der Waals surface area contributed by atoms with E-state index in [0.717, 1.165) is 42.8 Å². The number of hydrogen-bond donors (Lipinski definition) is 2. The number of halogens is 1. The van der Waals surface area contributed by atoms with Crippen LogP contribution in [0.25, 0.3) is 11.3 Å². The van der Waals surface area contributed by atoms with Crippen molar-refractivity contribution in [3.63, 3.8) is 0 Å². The van der Waals surface area contributed by atoms with Crippen LogP contribution < -0.4 is 10.6 Å². The van der Waals surface area contributed by atoms with Crippen molar-refractivity contribution < 1.29 is 4.79 Å². The van der Waals surface area contributed by atoms with Crippen LogP contribution in [0, 0.1) is 6.92 Å².